The van der Waals surface area contributed by atoms with Crippen LogP contribution in [0.5, 0.6) is 0 Å². The molecule has 6 heteroatoms. The number of rotatable bonds is 6. The minimum Gasteiger partial charge on any atom is -0.325 e. The lowest BCUT2D eigenvalue weighted by Gasteiger charge is -2.26. The maximum absolute atomic E-state index is 12.4. The van der Waals surface area contributed by atoms with Crippen LogP contribution in [0.2, 0.25) is 0 Å². The van der Waals surface area contributed by atoms with Gasteiger partial charge in [0.2, 0.25) is 5.91 Å². The minimum absolute atomic E-state index is 0.0402. The van der Waals surface area contributed by atoms with Gasteiger partial charge in [-0.1, -0.05) is 43.2 Å². The molecule has 0 spiro atoms. The Morgan fingerprint density at radius 3 is 2.63 bits per heavy atom. The van der Waals surface area contributed by atoms with Crippen molar-refractivity contribution in [1.82, 2.24) is 9.55 Å². The van der Waals surface area contributed by atoms with E-state index in [1.807, 2.05) is 31.2 Å². The van der Waals surface area contributed by atoms with Gasteiger partial charge in [0.05, 0.1) is 23.9 Å². The third-order valence-electron chi connectivity index (χ3n) is 5.15. The molecule has 1 heterocycles. The zero-order valence-corrected chi connectivity index (χ0v) is 16.8. The Kier molecular flexibility index (Phi) is 6.57. The molecule has 1 aromatic carbocycles. The summed E-state index contributed by atoms with van der Waals surface area (Å²) < 4.78 is 2.35. The van der Waals surface area contributed by atoms with Gasteiger partial charge >= 0.3 is 0 Å². The van der Waals surface area contributed by atoms with Crippen LogP contribution in [0.1, 0.15) is 55.1 Å². The van der Waals surface area contributed by atoms with Crippen molar-refractivity contribution >= 4 is 23.4 Å². The summed E-state index contributed by atoms with van der Waals surface area (Å²) in [4.78, 5) is 17.1. The summed E-state index contributed by atoms with van der Waals surface area (Å²) in [5.41, 5.74) is 3.98. The average molecular weight is 383 g/mol. The third kappa shape index (κ3) is 4.92. The van der Waals surface area contributed by atoms with Gasteiger partial charge in [0, 0.05) is 17.4 Å². The van der Waals surface area contributed by atoms with Gasteiger partial charge in [-0.25, -0.2) is 4.98 Å². The van der Waals surface area contributed by atoms with E-state index in [1.165, 1.54) is 49.6 Å². The van der Waals surface area contributed by atoms with Gasteiger partial charge in [0.25, 0.3) is 0 Å². The molecular weight excluding hydrogens is 356 g/mol. The van der Waals surface area contributed by atoms with Gasteiger partial charge in [0.15, 0.2) is 5.16 Å². The summed E-state index contributed by atoms with van der Waals surface area (Å²) in [6.07, 6.45) is 6.65. The Bertz CT molecular complexity index is 829. The molecule has 0 atom stereocenters. The first-order valence-electron chi connectivity index (χ1n) is 9.52. The van der Waals surface area contributed by atoms with E-state index in [2.05, 4.69) is 22.9 Å². The molecule has 1 N–H and O–H groups in total. The second-order valence-corrected chi connectivity index (χ2v) is 8.04. The first-order chi connectivity index (χ1) is 13.1. The number of benzene rings is 1. The van der Waals surface area contributed by atoms with Crippen LogP contribution in [0, 0.1) is 25.2 Å². The number of hydrogen-bond acceptors (Lipinski definition) is 4. The molecule has 2 aromatic rings. The monoisotopic (exact) mass is 382 g/mol. The SMILES string of the molecule is Cc1nc(SCC(=O)Nc2ccc(CC#N)cc2)n(C2CCCCC2)c1C. The minimum atomic E-state index is -0.0402. The van der Waals surface area contributed by atoms with E-state index in [9.17, 15) is 4.79 Å². The number of aromatic nitrogens is 2. The molecule has 3 rings (SSSR count). The van der Waals surface area contributed by atoms with Crippen molar-refractivity contribution in [2.75, 3.05) is 11.1 Å². The molecule has 1 aromatic heterocycles. The largest absolute Gasteiger partial charge is 0.325 e. The Labute approximate surface area is 165 Å². The van der Waals surface area contributed by atoms with Crippen molar-refractivity contribution in [2.24, 2.45) is 0 Å². The van der Waals surface area contributed by atoms with Crippen molar-refractivity contribution in [3.8, 4) is 6.07 Å². The summed E-state index contributed by atoms with van der Waals surface area (Å²) >= 11 is 1.51. The first kappa shape index (κ1) is 19.5. The zero-order valence-electron chi connectivity index (χ0n) is 16.0. The molecule has 1 aliphatic rings. The van der Waals surface area contributed by atoms with Crippen molar-refractivity contribution in [2.45, 2.75) is 63.6 Å². The lowest BCUT2D eigenvalue weighted by atomic mass is 9.95. The lowest BCUT2D eigenvalue weighted by Crippen LogP contribution is -2.17. The lowest BCUT2D eigenvalue weighted by molar-refractivity contribution is -0.113. The van der Waals surface area contributed by atoms with Crippen LogP contribution in [-0.2, 0) is 11.2 Å². The normalized spacial score (nSPS) is 14.7. The molecule has 0 bridgehead atoms. The molecule has 1 saturated carbocycles. The van der Waals surface area contributed by atoms with Crippen molar-refractivity contribution in [3.05, 3.63) is 41.2 Å². The number of nitriles is 1. The van der Waals surface area contributed by atoms with Crippen molar-refractivity contribution in [3.63, 3.8) is 0 Å². The molecule has 1 aliphatic carbocycles. The summed E-state index contributed by atoms with van der Waals surface area (Å²) in [6, 6.07) is 10.1. The van der Waals surface area contributed by atoms with Crippen LogP contribution in [-0.4, -0.2) is 21.2 Å². The zero-order chi connectivity index (χ0) is 19.2. The molecule has 0 aliphatic heterocycles. The van der Waals surface area contributed by atoms with Crippen molar-refractivity contribution < 1.29 is 4.79 Å². The maximum atomic E-state index is 12.4. The number of carbonyl (C=O) groups is 1. The topological polar surface area (TPSA) is 70.7 Å². The number of nitrogens with zero attached hydrogens (tertiary/aromatic N) is 3. The van der Waals surface area contributed by atoms with Gasteiger partial charge in [-0.2, -0.15) is 5.26 Å². The highest BCUT2D eigenvalue weighted by Crippen LogP contribution is 2.34. The van der Waals surface area contributed by atoms with Crippen LogP contribution >= 0.6 is 11.8 Å². The summed E-state index contributed by atoms with van der Waals surface area (Å²) in [5.74, 6) is 0.296. The van der Waals surface area contributed by atoms with Gasteiger partial charge in [0.1, 0.15) is 0 Å². The Hall–Kier alpha value is -2.26. The number of carbonyl (C=O) groups excluding carboxylic acids is 1. The highest BCUT2D eigenvalue weighted by molar-refractivity contribution is 7.99. The van der Waals surface area contributed by atoms with Gasteiger partial charge in [-0.3, -0.25) is 4.79 Å². The second kappa shape index (κ2) is 9.09. The summed E-state index contributed by atoms with van der Waals surface area (Å²) in [5, 5.41) is 12.6. The number of thioether (sulfide) groups is 1. The predicted molar refractivity (Wildman–Crippen MR) is 109 cm³/mol. The molecule has 0 unspecified atom stereocenters. The number of imidazole rings is 1. The van der Waals surface area contributed by atoms with Crippen LogP contribution < -0.4 is 5.32 Å². The first-order valence-corrected chi connectivity index (χ1v) is 10.5. The Balaban J connectivity index is 1.61. The quantitative estimate of drug-likeness (QED) is 0.728. The molecule has 1 fully saturated rings. The number of aryl methyl sites for hydroxylation is 1. The second-order valence-electron chi connectivity index (χ2n) is 7.10. The molecule has 0 radical (unpaired) electrons. The standard InChI is InChI=1S/C21H26N4OS/c1-15-16(2)25(19-6-4-3-5-7-19)21(23-15)27-14-20(26)24-18-10-8-17(9-11-18)12-13-22/h8-11,19H,3-7,12,14H2,1-2H3,(H,24,26). The van der Waals surface area contributed by atoms with E-state index < -0.39 is 0 Å². The van der Waals surface area contributed by atoms with E-state index >= 15 is 0 Å². The molecule has 1 amide bonds. The Morgan fingerprint density at radius 2 is 1.96 bits per heavy atom. The van der Waals surface area contributed by atoms with Crippen LogP contribution in [0.4, 0.5) is 5.69 Å². The molecule has 142 valence electrons. The maximum Gasteiger partial charge on any atom is 0.234 e. The fraction of sp³-hybridized carbons (Fsp3) is 0.476. The van der Waals surface area contributed by atoms with Gasteiger partial charge in [-0.05, 0) is 44.4 Å². The molecule has 27 heavy (non-hydrogen) atoms. The van der Waals surface area contributed by atoms with Gasteiger partial charge in [-0.15, -0.1) is 0 Å². The van der Waals surface area contributed by atoms with E-state index in [0.717, 1.165) is 22.1 Å². The predicted octanol–water partition coefficient (Wildman–Crippen LogP) is 4.80. The van der Waals surface area contributed by atoms with Gasteiger partial charge < -0.3 is 9.88 Å². The molecular formula is C21H26N4OS. The third-order valence-corrected chi connectivity index (χ3v) is 6.10. The number of amides is 1. The fourth-order valence-electron chi connectivity index (χ4n) is 3.59. The number of hydrogen-bond donors (Lipinski definition) is 1. The van der Waals surface area contributed by atoms with Crippen LogP contribution in [0.15, 0.2) is 29.4 Å². The van der Waals surface area contributed by atoms with E-state index in [-0.39, 0.29) is 5.91 Å². The highest BCUT2D eigenvalue weighted by Gasteiger charge is 2.22. The summed E-state index contributed by atoms with van der Waals surface area (Å²) in [7, 11) is 0. The average Bonchev–Trinajstić information content (AvgIpc) is 2.96. The van der Waals surface area contributed by atoms with Crippen LogP contribution in [0.3, 0.4) is 0 Å². The highest BCUT2D eigenvalue weighted by atomic mass is 32.2. The molecule has 5 nitrogen and oxygen atoms in total. The fourth-order valence-corrected chi connectivity index (χ4v) is 4.55. The van der Waals surface area contributed by atoms with E-state index in [1.54, 1.807) is 0 Å². The van der Waals surface area contributed by atoms with Crippen LogP contribution in [0.25, 0.3) is 0 Å². The van der Waals surface area contributed by atoms with Crippen molar-refractivity contribution in [1.29, 1.82) is 5.26 Å². The number of anilines is 1. The molecule has 0 saturated heterocycles. The Morgan fingerprint density at radius 1 is 1.26 bits per heavy atom. The number of nitrogens with one attached hydrogen (secondary N) is 1. The van der Waals surface area contributed by atoms with E-state index in [4.69, 9.17) is 10.2 Å². The van der Waals surface area contributed by atoms with E-state index in [0.29, 0.717) is 18.2 Å². The smallest absolute Gasteiger partial charge is 0.234 e. The summed E-state index contributed by atoms with van der Waals surface area (Å²) in [6.45, 7) is 4.17.